The monoisotopic (exact) mass is 432 g/mol. The summed E-state index contributed by atoms with van der Waals surface area (Å²) in [5.74, 6) is -0.975. The normalized spacial score (nSPS) is 10.9. The average Bonchev–Trinajstić information content (AvgIpc) is 2.81. The molecule has 0 aliphatic heterocycles. The average molecular weight is 433 g/mol. The molecule has 7 heteroatoms. The Morgan fingerprint density at radius 1 is 0.903 bits per heavy atom. The lowest BCUT2D eigenvalue weighted by atomic mass is 10.1. The van der Waals surface area contributed by atoms with Crippen LogP contribution in [-0.2, 0) is 20.9 Å². The maximum atomic E-state index is 12.8. The van der Waals surface area contributed by atoms with Crippen molar-refractivity contribution in [1.29, 1.82) is 0 Å². The number of carbonyl (C=O) groups excluding carboxylic acids is 2. The van der Waals surface area contributed by atoms with E-state index < -0.39 is 18.5 Å². The molecule has 4 rings (SSSR count). The van der Waals surface area contributed by atoms with Crippen molar-refractivity contribution in [2.45, 2.75) is 11.4 Å². The van der Waals surface area contributed by atoms with Gasteiger partial charge in [-0.1, -0.05) is 36.4 Å². The number of para-hydroxylation sites is 3. The number of benzene rings is 3. The van der Waals surface area contributed by atoms with Gasteiger partial charge in [-0.15, -0.1) is 11.8 Å². The van der Waals surface area contributed by atoms with Crippen LogP contribution in [0.25, 0.3) is 21.8 Å². The van der Waals surface area contributed by atoms with Crippen LogP contribution in [0, 0.1) is 0 Å². The van der Waals surface area contributed by atoms with Crippen LogP contribution >= 0.6 is 11.8 Å². The van der Waals surface area contributed by atoms with Gasteiger partial charge in [0, 0.05) is 15.7 Å². The predicted molar refractivity (Wildman–Crippen MR) is 124 cm³/mol. The number of rotatable bonds is 6. The van der Waals surface area contributed by atoms with Gasteiger partial charge in [0.2, 0.25) is 0 Å². The molecule has 0 fully saturated rings. The fraction of sp³-hybridized carbons (Fsp3) is 0.125. The van der Waals surface area contributed by atoms with Gasteiger partial charge in [0.25, 0.3) is 5.91 Å². The Morgan fingerprint density at radius 2 is 1.48 bits per heavy atom. The maximum Gasteiger partial charge on any atom is 0.326 e. The van der Waals surface area contributed by atoms with E-state index in [0.717, 1.165) is 4.90 Å². The highest BCUT2D eigenvalue weighted by Crippen LogP contribution is 2.24. The minimum absolute atomic E-state index is 0.0809. The highest BCUT2D eigenvalue weighted by Gasteiger charge is 2.15. The Morgan fingerprint density at radius 3 is 2.13 bits per heavy atom. The lowest BCUT2D eigenvalue weighted by Crippen LogP contribution is -2.24. The minimum Gasteiger partial charge on any atom is -0.454 e. The smallest absolute Gasteiger partial charge is 0.326 e. The molecule has 0 saturated carbocycles. The van der Waals surface area contributed by atoms with E-state index in [2.05, 4.69) is 5.32 Å². The summed E-state index contributed by atoms with van der Waals surface area (Å²) in [6.07, 6.45) is 1.92. The standard InChI is InChI=1S/C24H20N2O4S/c1-31-21-13-7-4-10-18(21)25-22(27)15-30-23(28)14-26-19-11-5-2-8-16(19)24(29)17-9-3-6-12-20(17)26/h2-13H,14-15H2,1H3,(H,25,27). The van der Waals surface area contributed by atoms with Gasteiger partial charge in [0.15, 0.2) is 12.0 Å². The van der Waals surface area contributed by atoms with E-state index in [1.165, 1.54) is 11.8 Å². The van der Waals surface area contributed by atoms with Crippen molar-refractivity contribution >= 4 is 51.1 Å². The maximum absolute atomic E-state index is 12.8. The predicted octanol–water partition coefficient (Wildman–Crippen LogP) is 4.06. The fourth-order valence-electron chi connectivity index (χ4n) is 3.50. The zero-order valence-corrected chi connectivity index (χ0v) is 17.6. The van der Waals surface area contributed by atoms with Crippen LogP contribution in [0.15, 0.2) is 82.5 Å². The van der Waals surface area contributed by atoms with E-state index in [9.17, 15) is 14.4 Å². The molecule has 0 unspecified atom stereocenters. The molecule has 0 aliphatic carbocycles. The Labute approximate surface area is 182 Å². The minimum atomic E-state index is -0.563. The zero-order chi connectivity index (χ0) is 21.8. The van der Waals surface area contributed by atoms with Gasteiger partial charge in [0.05, 0.1) is 16.7 Å². The van der Waals surface area contributed by atoms with Gasteiger partial charge in [-0.05, 0) is 42.7 Å². The second kappa shape index (κ2) is 9.06. The molecule has 156 valence electrons. The quantitative estimate of drug-likeness (QED) is 0.282. The van der Waals surface area contributed by atoms with Crippen LogP contribution in [0.3, 0.4) is 0 Å². The van der Waals surface area contributed by atoms with Crippen molar-refractivity contribution in [2.24, 2.45) is 0 Å². The highest BCUT2D eigenvalue weighted by molar-refractivity contribution is 7.98. The first-order valence-electron chi connectivity index (χ1n) is 9.67. The summed E-state index contributed by atoms with van der Waals surface area (Å²) in [6.45, 7) is -0.506. The number of esters is 1. The molecule has 6 nitrogen and oxygen atoms in total. The number of hydrogen-bond donors (Lipinski definition) is 1. The number of hydrogen-bond acceptors (Lipinski definition) is 5. The largest absolute Gasteiger partial charge is 0.454 e. The van der Waals surface area contributed by atoms with Gasteiger partial charge in [-0.25, -0.2) is 0 Å². The number of anilines is 1. The van der Waals surface area contributed by atoms with Crippen molar-refractivity contribution in [2.75, 3.05) is 18.2 Å². The molecule has 0 aliphatic rings. The zero-order valence-electron chi connectivity index (χ0n) is 16.8. The first kappa shape index (κ1) is 20.7. The number of nitrogens with one attached hydrogen (secondary N) is 1. The number of amides is 1. The number of pyridine rings is 1. The number of carbonyl (C=O) groups is 2. The number of thioether (sulfide) groups is 1. The molecule has 1 aromatic heterocycles. The van der Waals surface area contributed by atoms with Crippen LogP contribution in [0.1, 0.15) is 0 Å². The van der Waals surface area contributed by atoms with Crippen molar-refractivity contribution in [3.8, 4) is 0 Å². The van der Waals surface area contributed by atoms with Crippen LogP contribution in [0.5, 0.6) is 0 Å². The Bertz CT molecular complexity index is 1290. The van der Waals surface area contributed by atoms with Crippen LogP contribution in [0.2, 0.25) is 0 Å². The molecule has 1 heterocycles. The van der Waals surface area contributed by atoms with Crippen molar-refractivity contribution in [3.63, 3.8) is 0 Å². The van der Waals surface area contributed by atoms with Gasteiger partial charge in [-0.2, -0.15) is 0 Å². The lowest BCUT2D eigenvalue weighted by Gasteiger charge is -2.15. The second-order valence-corrected chi connectivity index (χ2v) is 7.71. The molecule has 0 spiro atoms. The summed E-state index contributed by atoms with van der Waals surface area (Å²) in [5, 5.41) is 3.82. The van der Waals surface area contributed by atoms with Gasteiger partial charge < -0.3 is 14.6 Å². The van der Waals surface area contributed by atoms with Gasteiger partial charge in [-0.3, -0.25) is 14.4 Å². The van der Waals surface area contributed by atoms with Crippen LogP contribution in [-0.4, -0.2) is 29.3 Å². The Kier molecular flexibility index (Phi) is 6.04. The van der Waals surface area contributed by atoms with Crippen LogP contribution in [0.4, 0.5) is 5.69 Å². The summed E-state index contributed by atoms with van der Waals surface area (Å²) in [5.41, 5.74) is 1.87. The summed E-state index contributed by atoms with van der Waals surface area (Å²) in [4.78, 5) is 38.5. The molecule has 31 heavy (non-hydrogen) atoms. The number of aromatic nitrogens is 1. The number of nitrogens with zero attached hydrogens (tertiary/aromatic N) is 1. The Hall–Kier alpha value is -3.58. The molecule has 1 N–H and O–H groups in total. The van der Waals surface area contributed by atoms with E-state index in [1.807, 2.05) is 36.6 Å². The van der Waals surface area contributed by atoms with E-state index in [-0.39, 0.29) is 12.0 Å². The van der Waals surface area contributed by atoms with E-state index in [0.29, 0.717) is 27.5 Å². The van der Waals surface area contributed by atoms with Crippen molar-refractivity contribution in [3.05, 3.63) is 83.0 Å². The summed E-state index contributed by atoms with van der Waals surface area (Å²) >= 11 is 1.52. The van der Waals surface area contributed by atoms with Crippen molar-refractivity contribution in [1.82, 2.24) is 4.57 Å². The molecule has 0 bridgehead atoms. The Balaban J connectivity index is 1.53. The van der Waals surface area contributed by atoms with E-state index in [1.54, 1.807) is 47.0 Å². The molecular formula is C24H20N2O4S. The van der Waals surface area contributed by atoms with E-state index >= 15 is 0 Å². The molecule has 4 aromatic rings. The first-order valence-corrected chi connectivity index (χ1v) is 10.9. The third kappa shape index (κ3) is 4.32. The van der Waals surface area contributed by atoms with E-state index in [4.69, 9.17) is 4.74 Å². The molecule has 3 aromatic carbocycles. The van der Waals surface area contributed by atoms with Gasteiger partial charge in [0.1, 0.15) is 6.54 Å². The summed E-state index contributed by atoms with van der Waals surface area (Å²) in [6, 6.07) is 21.7. The molecular weight excluding hydrogens is 412 g/mol. The summed E-state index contributed by atoms with van der Waals surface area (Å²) in [7, 11) is 0. The molecule has 1 amide bonds. The fourth-order valence-corrected chi connectivity index (χ4v) is 4.06. The molecule has 0 radical (unpaired) electrons. The number of ether oxygens (including phenoxy) is 1. The van der Waals surface area contributed by atoms with Gasteiger partial charge >= 0.3 is 5.97 Å². The van der Waals surface area contributed by atoms with Crippen LogP contribution < -0.4 is 10.7 Å². The second-order valence-electron chi connectivity index (χ2n) is 6.86. The topological polar surface area (TPSA) is 77.4 Å². The molecule has 0 saturated heterocycles. The molecule has 0 atom stereocenters. The lowest BCUT2D eigenvalue weighted by molar-refractivity contribution is -0.147. The summed E-state index contributed by atoms with van der Waals surface area (Å²) < 4.78 is 6.97. The number of fused-ring (bicyclic) bond motifs is 2. The third-order valence-electron chi connectivity index (χ3n) is 4.91. The third-order valence-corrected chi connectivity index (χ3v) is 5.71. The first-order chi connectivity index (χ1) is 15.1. The van der Waals surface area contributed by atoms with Crippen molar-refractivity contribution < 1.29 is 14.3 Å². The highest BCUT2D eigenvalue weighted by atomic mass is 32.2. The SMILES string of the molecule is CSc1ccccc1NC(=O)COC(=O)Cn1c2ccccc2c(=O)c2ccccc21.